The van der Waals surface area contributed by atoms with Crippen molar-refractivity contribution in [3.63, 3.8) is 0 Å². The van der Waals surface area contributed by atoms with Gasteiger partial charge >= 0.3 is 0 Å². The Morgan fingerprint density at radius 1 is 1.21 bits per heavy atom. The number of benzene rings is 1. The molecule has 1 aliphatic rings. The van der Waals surface area contributed by atoms with Gasteiger partial charge in [-0.15, -0.1) is 5.10 Å². The molecule has 0 unspecified atom stereocenters. The predicted octanol–water partition coefficient (Wildman–Crippen LogP) is 0.0898. The number of ether oxygens (including phenoxy) is 1. The first-order chi connectivity index (χ1) is 16.2. The van der Waals surface area contributed by atoms with Crippen molar-refractivity contribution in [3.8, 4) is 17.3 Å². The van der Waals surface area contributed by atoms with Crippen molar-refractivity contribution >= 4 is 11.8 Å². The molecule has 5 atom stereocenters. The lowest BCUT2D eigenvalue weighted by molar-refractivity contribution is -0.178. The van der Waals surface area contributed by atoms with Gasteiger partial charge in [-0.1, -0.05) is 17.0 Å². The molecule has 1 saturated heterocycles. The summed E-state index contributed by atoms with van der Waals surface area (Å²) in [6.45, 7) is -0.639. The number of aromatic amines is 1. The number of aromatic nitrogens is 5. The third-order valence-electron chi connectivity index (χ3n) is 5.07. The minimum absolute atomic E-state index is 0.0749. The van der Waals surface area contributed by atoms with E-state index in [-0.39, 0.29) is 22.0 Å². The van der Waals surface area contributed by atoms with Gasteiger partial charge in [0.05, 0.1) is 17.8 Å². The van der Waals surface area contributed by atoms with Gasteiger partial charge in [0.2, 0.25) is 11.1 Å². The molecule has 0 bridgehead atoms. The van der Waals surface area contributed by atoms with E-state index in [0.717, 1.165) is 22.5 Å². The predicted molar refractivity (Wildman–Crippen MR) is 108 cm³/mol. The van der Waals surface area contributed by atoms with Crippen LogP contribution in [0.5, 0.6) is 0 Å². The molecule has 2 aromatic heterocycles. The van der Waals surface area contributed by atoms with E-state index in [1.165, 1.54) is 6.20 Å². The van der Waals surface area contributed by atoms with E-state index in [1.807, 2.05) is 0 Å². The van der Waals surface area contributed by atoms with E-state index >= 15 is 0 Å². The zero-order chi connectivity index (χ0) is 24.6. The van der Waals surface area contributed by atoms with Gasteiger partial charge < -0.3 is 20.1 Å². The van der Waals surface area contributed by atoms with Crippen molar-refractivity contribution in [2.45, 2.75) is 34.8 Å². The largest absolute Gasteiger partial charge is 0.394 e. The van der Waals surface area contributed by atoms with E-state index < -0.39 is 59.3 Å². The second-order valence-corrected chi connectivity index (χ2v) is 8.35. The Hall–Kier alpha value is -3.29. The second-order valence-electron chi connectivity index (χ2n) is 7.21. The summed E-state index contributed by atoms with van der Waals surface area (Å²) in [5.41, 5.74) is -2.38. The van der Waals surface area contributed by atoms with Gasteiger partial charge in [-0.05, 0) is 12.1 Å². The van der Waals surface area contributed by atoms with Crippen molar-refractivity contribution in [2.75, 3.05) is 6.61 Å². The SMILES string of the molecule is N#Cc1n[nH]c(S[C@H]2O[C@H](CO)[C@H](O)[C@H](n3cc(-c4cc(F)c(F)c(F)c4)nn3)[C@H]2O)cc1=O. The molecule has 1 aliphatic heterocycles. The van der Waals surface area contributed by atoms with Crippen molar-refractivity contribution in [1.29, 1.82) is 5.26 Å². The van der Waals surface area contributed by atoms with Gasteiger partial charge in [-0.2, -0.15) is 10.4 Å². The van der Waals surface area contributed by atoms with Gasteiger partial charge in [0.15, 0.2) is 17.5 Å². The number of rotatable bonds is 5. The molecule has 34 heavy (non-hydrogen) atoms. The molecule has 0 amide bonds. The molecule has 11 nitrogen and oxygen atoms in total. The monoisotopic (exact) mass is 496 g/mol. The summed E-state index contributed by atoms with van der Waals surface area (Å²) in [4.78, 5) is 11.9. The molecule has 3 aromatic rings. The van der Waals surface area contributed by atoms with Crippen LogP contribution in [-0.4, -0.2) is 70.9 Å². The average Bonchev–Trinajstić information content (AvgIpc) is 3.29. The minimum atomic E-state index is -1.65. The van der Waals surface area contributed by atoms with E-state index in [9.17, 15) is 33.3 Å². The fraction of sp³-hybridized carbons (Fsp3) is 0.316. The third kappa shape index (κ3) is 4.41. The Labute approximate surface area is 192 Å². The van der Waals surface area contributed by atoms with Gasteiger partial charge in [0.25, 0.3) is 0 Å². The molecule has 4 N–H and O–H groups in total. The second kappa shape index (κ2) is 9.52. The number of nitrogens with zero attached hydrogens (tertiary/aromatic N) is 5. The molecule has 4 rings (SSSR count). The highest BCUT2D eigenvalue weighted by atomic mass is 32.2. The van der Waals surface area contributed by atoms with Crippen LogP contribution in [-0.2, 0) is 4.74 Å². The normalized spacial score (nSPS) is 24.7. The first-order valence-electron chi connectivity index (χ1n) is 9.59. The molecule has 15 heteroatoms. The van der Waals surface area contributed by atoms with Crippen LogP contribution in [0, 0.1) is 28.8 Å². The number of nitrogens with one attached hydrogen (secondary N) is 1. The van der Waals surface area contributed by atoms with Crippen LogP contribution in [0.2, 0.25) is 0 Å². The first kappa shape index (κ1) is 23.9. The molecular weight excluding hydrogens is 481 g/mol. The summed E-state index contributed by atoms with van der Waals surface area (Å²) in [5, 5.41) is 53.8. The fourth-order valence-electron chi connectivity index (χ4n) is 3.39. The summed E-state index contributed by atoms with van der Waals surface area (Å²) >= 11 is 0.810. The Kier molecular flexibility index (Phi) is 6.68. The standard InChI is InChI=1S/C19H15F3N6O5S/c20-8-1-7(2-9(21)15(8)22)11-5-28(27-25-11)16-17(31)13(6-29)33-19(18(16)32)34-14-3-12(30)10(4-23)24-26-14/h1-3,5,13,16-19,29,31-32H,6H2,(H,26,30)/t13-,16+,17+,18-,19-/m1/s1. The summed E-state index contributed by atoms with van der Waals surface area (Å²) in [6, 6.07) is 2.88. The average molecular weight is 496 g/mol. The maximum Gasteiger partial charge on any atom is 0.219 e. The lowest BCUT2D eigenvalue weighted by Gasteiger charge is -2.41. The molecular formula is C19H15F3N6O5S. The Balaban J connectivity index is 1.64. The highest BCUT2D eigenvalue weighted by molar-refractivity contribution is 7.99. The van der Waals surface area contributed by atoms with Crippen LogP contribution in [0.25, 0.3) is 11.3 Å². The fourth-order valence-corrected chi connectivity index (χ4v) is 4.41. The molecule has 0 aliphatic carbocycles. The van der Waals surface area contributed by atoms with Crippen LogP contribution in [0.4, 0.5) is 13.2 Å². The number of nitriles is 1. The van der Waals surface area contributed by atoms with Crippen molar-refractivity contribution in [1.82, 2.24) is 25.2 Å². The smallest absolute Gasteiger partial charge is 0.219 e. The minimum Gasteiger partial charge on any atom is -0.394 e. The van der Waals surface area contributed by atoms with E-state index in [4.69, 9.17) is 10.00 Å². The van der Waals surface area contributed by atoms with Crippen LogP contribution >= 0.6 is 11.8 Å². The van der Waals surface area contributed by atoms with Gasteiger partial charge in [0, 0.05) is 11.6 Å². The number of thioether (sulfide) groups is 1. The molecule has 1 fully saturated rings. The van der Waals surface area contributed by atoms with E-state index in [1.54, 1.807) is 6.07 Å². The topological polar surface area (TPSA) is 170 Å². The number of H-pyrrole nitrogens is 1. The Morgan fingerprint density at radius 2 is 1.91 bits per heavy atom. The number of hydrogen-bond acceptors (Lipinski definition) is 10. The van der Waals surface area contributed by atoms with Gasteiger partial charge in [-0.3, -0.25) is 9.89 Å². The zero-order valence-corrected chi connectivity index (χ0v) is 17.7. The summed E-state index contributed by atoms with van der Waals surface area (Å²) in [7, 11) is 0. The number of aliphatic hydroxyl groups is 3. The summed E-state index contributed by atoms with van der Waals surface area (Å²) in [5.74, 6) is -4.51. The van der Waals surface area contributed by atoms with Crippen molar-refractivity contribution in [3.05, 3.63) is 57.8 Å². The van der Waals surface area contributed by atoms with Gasteiger partial charge in [0.1, 0.15) is 41.6 Å². The highest BCUT2D eigenvalue weighted by Crippen LogP contribution is 2.37. The molecule has 0 saturated carbocycles. The maximum atomic E-state index is 13.6. The summed E-state index contributed by atoms with van der Waals surface area (Å²) < 4.78 is 47.0. The zero-order valence-electron chi connectivity index (χ0n) is 16.8. The molecule has 178 valence electrons. The van der Waals surface area contributed by atoms with Crippen molar-refractivity contribution in [2.24, 2.45) is 0 Å². The molecule has 0 spiro atoms. The summed E-state index contributed by atoms with van der Waals surface area (Å²) in [6.07, 6.45) is -2.97. The van der Waals surface area contributed by atoms with E-state index in [0.29, 0.717) is 12.1 Å². The van der Waals surface area contributed by atoms with Crippen LogP contribution in [0.15, 0.2) is 34.2 Å². The van der Waals surface area contributed by atoms with Gasteiger partial charge in [-0.25, -0.2) is 17.9 Å². The number of hydrogen-bond donors (Lipinski definition) is 4. The van der Waals surface area contributed by atoms with Crippen LogP contribution in [0.1, 0.15) is 11.7 Å². The van der Waals surface area contributed by atoms with Crippen LogP contribution in [0.3, 0.4) is 0 Å². The van der Waals surface area contributed by atoms with E-state index in [2.05, 4.69) is 20.5 Å². The van der Waals surface area contributed by atoms with Crippen molar-refractivity contribution < 1.29 is 33.2 Å². The molecule has 3 heterocycles. The molecule has 1 aromatic carbocycles. The highest BCUT2D eigenvalue weighted by Gasteiger charge is 2.46. The Morgan fingerprint density at radius 3 is 2.53 bits per heavy atom. The lowest BCUT2D eigenvalue weighted by Crippen LogP contribution is -2.55. The lowest BCUT2D eigenvalue weighted by atomic mass is 9.97. The quantitative estimate of drug-likeness (QED) is 0.355. The molecule has 0 radical (unpaired) electrons. The first-order valence-corrected chi connectivity index (χ1v) is 10.5. The van der Waals surface area contributed by atoms with Crippen LogP contribution < -0.4 is 5.43 Å². The number of halogens is 3. The third-order valence-corrected chi connectivity index (χ3v) is 6.15. The Bertz CT molecular complexity index is 1290. The maximum absolute atomic E-state index is 13.6. The number of aliphatic hydroxyl groups excluding tert-OH is 3.